The van der Waals surface area contributed by atoms with Crippen LogP contribution in [0.15, 0.2) is 4.99 Å². The summed E-state index contributed by atoms with van der Waals surface area (Å²) >= 11 is 0. The van der Waals surface area contributed by atoms with Crippen LogP contribution < -0.4 is 0 Å². The zero-order valence-corrected chi connectivity index (χ0v) is 6.80. The lowest BCUT2D eigenvalue weighted by molar-refractivity contribution is 0.101. The first kappa shape index (κ1) is 7.09. The summed E-state index contributed by atoms with van der Waals surface area (Å²) in [6.07, 6.45) is 0. The molecule has 0 aromatic carbocycles. The second kappa shape index (κ2) is 1.97. The zero-order valence-electron chi connectivity index (χ0n) is 6.80. The Hall–Kier alpha value is -1.58. The van der Waals surface area contributed by atoms with Crippen LogP contribution in [0, 0.1) is 6.92 Å². The van der Waals surface area contributed by atoms with Crippen molar-refractivity contribution in [2.24, 2.45) is 4.99 Å². The van der Waals surface area contributed by atoms with Crippen LogP contribution >= 0.6 is 0 Å². The average Bonchev–Trinajstić information content (AvgIpc) is 2.38. The maximum Gasteiger partial charge on any atom is 0.279 e. The Morgan fingerprint density at radius 1 is 1.33 bits per heavy atom. The van der Waals surface area contributed by atoms with Gasteiger partial charge in [-0.05, 0) is 13.8 Å². The number of nitrogens with zero attached hydrogens (tertiary/aromatic N) is 1. The monoisotopic (exact) mass is 164 g/mol. The Balaban J connectivity index is 2.79. The Morgan fingerprint density at radius 3 is 2.58 bits per heavy atom. The van der Waals surface area contributed by atoms with Crippen LogP contribution in [0.1, 0.15) is 28.5 Å². The summed E-state index contributed by atoms with van der Waals surface area (Å²) in [7, 11) is 0. The van der Waals surface area contributed by atoms with Crippen LogP contribution in [0.3, 0.4) is 0 Å². The number of hydrogen-bond donors (Lipinski definition) is 2. The fourth-order valence-electron chi connectivity index (χ4n) is 1.49. The standard InChI is InChI=1S/C8H8N2O2/c1-3-5-6(8(12)9-3)4(2)10-7(5)11/h9,12H,1-2H3. The predicted octanol–water partition coefficient (Wildman–Crippen LogP) is 0.992. The van der Waals surface area contributed by atoms with Gasteiger partial charge in [-0.3, -0.25) is 4.79 Å². The highest BCUT2D eigenvalue weighted by atomic mass is 16.3. The summed E-state index contributed by atoms with van der Waals surface area (Å²) in [5.41, 5.74) is 2.31. The van der Waals surface area contributed by atoms with E-state index in [1.165, 1.54) is 0 Å². The number of carbonyl (C=O) groups is 1. The van der Waals surface area contributed by atoms with Gasteiger partial charge in [-0.2, -0.15) is 0 Å². The molecule has 12 heavy (non-hydrogen) atoms. The van der Waals surface area contributed by atoms with E-state index < -0.39 is 0 Å². The number of rotatable bonds is 0. The Bertz CT molecular complexity index is 401. The molecule has 4 heteroatoms. The summed E-state index contributed by atoms with van der Waals surface area (Å²) < 4.78 is 0. The third-order valence-corrected chi connectivity index (χ3v) is 2.01. The highest BCUT2D eigenvalue weighted by molar-refractivity contribution is 6.22. The van der Waals surface area contributed by atoms with Crippen molar-refractivity contribution < 1.29 is 9.90 Å². The zero-order chi connectivity index (χ0) is 8.88. The van der Waals surface area contributed by atoms with E-state index in [1.807, 2.05) is 0 Å². The molecule has 0 bridgehead atoms. The minimum Gasteiger partial charge on any atom is -0.494 e. The van der Waals surface area contributed by atoms with Crippen molar-refractivity contribution in [1.82, 2.24) is 4.98 Å². The quantitative estimate of drug-likeness (QED) is 0.600. The number of aliphatic imine (C=N–C) groups is 1. The van der Waals surface area contributed by atoms with Crippen LogP contribution in [-0.2, 0) is 0 Å². The van der Waals surface area contributed by atoms with Crippen molar-refractivity contribution in [3.05, 3.63) is 16.8 Å². The number of hydrogen-bond acceptors (Lipinski definition) is 2. The van der Waals surface area contributed by atoms with Crippen molar-refractivity contribution in [1.29, 1.82) is 0 Å². The van der Waals surface area contributed by atoms with Crippen LogP contribution in [0.2, 0.25) is 0 Å². The number of amides is 1. The Morgan fingerprint density at radius 2 is 2.00 bits per heavy atom. The average molecular weight is 164 g/mol. The van der Waals surface area contributed by atoms with E-state index in [9.17, 15) is 9.90 Å². The molecule has 0 fully saturated rings. The van der Waals surface area contributed by atoms with Crippen molar-refractivity contribution in [3.8, 4) is 5.88 Å². The smallest absolute Gasteiger partial charge is 0.279 e. The van der Waals surface area contributed by atoms with Gasteiger partial charge in [0.25, 0.3) is 5.91 Å². The molecular weight excluding hydrogens is 156 g/mol. The molecular formula is C8H8N2O2. The minimum absolute atomic E-state index is 0.0367. The second-order valence-electron chi connectivity index (χ2n) is 2.85. The maximum atomic E-state index is 11.2. The lowest BCUT2D eigenvalue weighted by atomic mass is 10.1. The van der Waals surface area contributed by atoms with Crippen molar-refractivity contribution in [2.45, 2.75) is 13.8 Å². The number of carbonyl (C=O) groups excluding carboxylic acids is 1. The third-order valence-electron chi connectivity index (χ3n) is 2.01. The van der Waals surface area contributed by atoms with Gasteiger partial charge >= 0.3 is 0 Å². The largest absolute Gasteiger partial charge is 0.494 e. The van der Waals surface area contributed by atoms with E-state index in [1.54, 1.807) is 13.8 Å². The van der Waals surface area contributed by atoms with Gasteiger partial charge in [0, 0.05) is 5.69 Å². The number of aromatic hydroxyl groups is 1. The summed E-state index contributed by atoms with van der Waals surface area (Å²) in [4.78, 5) is 17.6. The molecule has 0 aliphatic carbocycles. The number of aromatic nitrogens is 1. The lowest BCUT2D eigenvalue weighted by Gasteiger charge is -1.89. The van der Waals surface area contributed by atoms with Gasteiger partial charge < -0.3 is 10.1 Å². The Labute approximate surface area is 68.9 Å². The maximum absolute atomic E-state index is 11.2. The van der Waals surface area contributed by atoms with Gasteiger partial charge in [0.15, 0.2) is 5.88 Å². The van der Waals surface area contributed by atoms with Crippen LogP contribution in [0.25, 0.3) is 0 Å². The molecule has 2 rings (SSSR count). The van der Waals surface area contributed by atoms with E-state index in [2.05, 4.69) is 9.98 Å². The fraction of sp³-hybridized carbons (Fsp3) is 0.250. The number of H-pyrrole nitrogens is 1. The van der Waals surface area contributed by atoms with Crippen molar-refractivity contribution in [3.63, 3.8) is 0 Å². The lowest BCUT2D eigenvalue weighted by Crippen LogP contribution is -1.90. The third kappa shape index (κ3) is 0.664. The summed E-state index contributed by atoms with van der Waals surface area (Å²) in [6.45, 7) is 3.45. The molecule has 62 valence electrons. The number of fused-ring (bicyclic) bond motifs is 1. The molecule has 0 saturated heterocycles. The molecule has 1 amide bonds. The molecule has 0 spiro atoms. The van der Waals surface area contributed by atoms with Crippen molar-refractivity contribution in [2.75, 3.05) is 0 Å². The van der Waals surface area contributed by atoms with E-state index in [-0.39, 0.29) is 11.8 Å². The minimum atomic E-state index is -0.267. The van der Waals surface area contributed by atoms with Gasteiger partial charge in [0.1, 0.15) is 0 Å². The van der Waals surface area contributed by atoms with Gasteiger partial charge in [-0.15, -0.1) is 0 Å². The fourth-order valence-corrected chi connectivity index (χ4v) is 1.49. The molecule has 1 aromatic rings. The van der Waals surface area contributed by atoms with Crippen LogP contribution in [0.5, 0.6) is 5.88 Å². The summed E-state index contributed by atoms with van der Waals surface area (Å²) in [6, 6.07) is 0. The topological polar surface area (TPSA) is 65.5 Å². The van der Waals surface area contributed by atoms with E-state index in [0.717, 1.165) is 0 Å². The Kier molecular flexibility index (Phi) is 1.16. The van der Waals surface area contributed by atoms with Gasteiger partial charge in [0.05, 0.1) is 16.8 Å². The molecule has 1 aromatic heterocycles. The normalized spacial score (nSPS) is 14.8. The molecule has 0 unspecified atom stereocenters. The first-order valence-electron chi connectivity index (χ1n) is 3.62. The number of aryl methyl sites for hydroxylation is 1. The van der Waals surface area contributed by atoms with E-state index in [0.29, 0.717) is 22.5 Å². The first-order valence-corrected chi connectivity index (χ1v) is 3.62. The molecule has 2 N–H and O–H groups in total. The number of aromatic amines is 1. The van der Waals surface area contributed by atoms with E-state index >= 15 is 0 Å². The van der Waals surface area contributed by atoms with Gasteiger partial charge in [0.2, 0.25) is 0 Å². The van der Waals surface area contributed by atoms with E-state index in [4.69, 9.17) is 0 Å². The summed E-state index contributed by atoms with van der Waals surface area (Å²) in [5, 5.41) is 9.35. The second-order valence-corrected chi connectivity index (χ2v) is 2.85. The highest BCUT2D eigenvalue weighted by Crippen LogP contribution is 2.29. The molecule has 0 radical (unpaired) electrons. The number of nitrogens with one attached hydrogen (secondary N) is 1. The molecule has 1 aliphatic heterocycles. The summed E-state index contributed by atoms with van der Waals surface area (Å²) in [5.74, 6) is -0.230. The highest BCUT2D eigenvalue weighted by Gasteiger charge is 2.27. The van der Waals surface area contributed by atoms with Gasteiger partial charge in [-0.1, -0.05) is 0 Å². The van der Waals surface area contributed by atoms with Gasteiger partial charge in [-0.25, -0.2) is 4.99 Å². The van der Waals surface area contributed by atoms with Crippen molar-refractivity contribution >= 4 is 11.6 Å². The molecule has 2 heterocycles. The predicted molar refractivity (Wildman–Crippen MR) is 43.7 cm³/mol. The molecule has 1 aliphatic rings. The first-order chi connectivity index (χ1) is 5.61. The molecule has 0 atom stereocenters. The SMILES string of the molecule is CC1=NC(=O)c2c(C)[nH]c(O)c21. The van der Waals surface area contributed by atoms with Crippen LogP contribution in [-0.4, -0.2) is 21.7 Å². The molecule has 4 nitrogen and oxygen atoms in total. The van der Waals surface area contributed by atoms with Crippen LogP contribution in [0.4, 0.5) is 0 Å². The molecule has 0 saturated carbocycles.